The van der Waals surface area contributed by atoms with Gasteiger partial charge in [-0.05, 0) is 56.6 Å². The van der Waals surface area contributed by atoms with Crippen molar-refractivity contribution >= 4 is 39.2 Å². The van der Waals surface area contributed by atoms with E-state index in [2.05, 4.69) is 41.2 Å². The number of carbonyl (C=O) groups excluding carboxylic acids is 1. The van der Waals surface area contributed by atoms with Crippen LogP contribution in [0.15, 0.2) is 56.6 Å². The van der Waals surface area contributed by atoms with Crippen molar-refractivity contribution in [1.29, 1.82) is 0 Å². The number of nitrogens with zero attached hydrogens (tertiary/aromatic N) is 3. The van der Waals surface area contributed by atoms with Crippen LogP contribution >= 0.6 is 15.9 Å². The summed E-state index contributed by atoms with van der Waals surface area (Å²) in [5.41, 5.74) is 2.06. The maximum atomic E-state index is 13.4. The molecule has 1 heterocycles. The van der Waals surface area contributed by atoms with Gasteiger partial charge in [0.1, 0.15) is 5.82 Å². The fourth-order valence-corrected chi connectivity index (χ4v) is 2.66. The quantitative estimate of drug-likeness (QED) is 0.267. The molecule has 30 heavy (non-hydrogen) atoms. The van der Waals surface area contributed by atoms with E-state index in [1.54, 1.807) is 24.3 Å². The fraction of sp³-hybridized carbons (Fsp3) is 0.111. The van der Waals surface area contributed by atoms with Crippen LogP contribution in [-0.2, 0) is 4.79 Å². The van der Waals surface area contributed by atoms with Crippen LogP contribution in [0.4, 0.5) is 15.9 Å². The number of anilines is 1. The van der Waals surface area contributed by atoms with Crippen molar-refractivity contribution in [3.63, 3.8) is 0 Å². The summed E-state index contributed by atoms with van der Waals surface area (Å²) in [7, 11) is 1.48. The number of nitrogens with one attached hydrogen (secondary N) is 2. The summed E-state index contributed by atoms with van der Waals surface area (Å²) in [4.78, 5) is 16.3. The first-order valence-corrected chi connectivity index (χ1v) is 9.13. The van der Waals surface area contributed by atoms with Crippen molar-refractivity contribution in [1.82, 2.24) is 15.8 Å². The van der Waals surface area contributed by atoms with Crippen LogP contribution in [0.3, 0.4) is 0 Å². The molecule has 10 nitrogen and oxygen atoms in total. The van der Waals surface area contributed by atoms with Gasteiger partial charge in [-0.2, -0.15) is 0 Å². The maximum Gasteiger partial charge on any atom is 0.263 e. The third kappa shape index (κ3) is 5.10. The van der Waals surface area contributed by atoms with E-state index in [1.807, 2.05) is 5.48 Å². The second-order valence-electron chi connectivity index (χ2n) is 5.62. The zero-order valence-corrected chi connectivity index (χ0v) is 17.0. The van der Waals surface area contributed by atoms with Crippen molar-refractivity contribution in [3.8, 4) is 11.5 Å². The third-order valence-electron chi connectivity index (χ3n) is 3.65. The van der Waals surface area contributed by atoms with Crippen LogP contribution in [0.2, 0.25) is 0 Å². The monoisotopic (exact) mass is 479 g/mol. The lowest BCUT2D eigenvalue weighted by molar-refractivity contribution is -0.118. The molecule has 0 saturated heterocycles. The van der Waals surface area contributed by atoms with Crippen LogP contribution < -0.4 is 20.3 Å². The van der Waals surface area contributed by atoms with Crippen LogP contribution in [0.1, 0.15) is 5.69 Å². The van der Waals surface area contributed by atoms with Crippen molar-refractivity contribution in [2.75, 3.05) is 19.0 Å². The Morgan fingerprint density at radius 3 is 2.73 bits per heavy atom. The number of rotatable bonds is 7. The van der Waals surface area contributed by atoms with E-state index in [9.17, 15) is 14.4 Å². The number of hydroxylamine groups is 1. The molecule has 3 N–H and O–H groups in total. The Labute approximate surface area is 177 Å². The van der Waals surface area contributed by atoms with Gasteiger partial charge in [0, 0.05) is 0 Å². The van der Waals surface area contributed by atoms with Gasteiger partial charge < -0.3 is 14.8 Å². The summed E-state index contributed by atoms with van der Waals surface area (Å²) in [6, 6.07) is 10.8. The minimum absolute atomic E-state index is 0.0800. The van der Waals surface area contributed by atoms with Gasteiger partial charge in [0.2, 0.25) is 5.82 Å². The van der Waals surface area contributed by atoms with Crippen LogP contribution in [0, 0.1) is 5.82 Å². The number of halogens is 2. The van der Waals surface area contributed by atoms with Gasteiger partial charge in [-0.3, -0.25) is 15.5 Å². The highest BCUT2D eigenvalue weighted by Crippen LogP contribution is 2.26. The molecule has 0 aliphatic rings. The normalized spacial score (nSPS) is 11.1. The zero-order chi connectivity index (χ0) is 21.5. The standard InChI is InChI=1S/C18H15BrFN5O5/c1-28-13-4-2-3-5-14(13)29-9-15(26)22-18-16(24-30-25-18)17(23-27)21-10-6-7-12(20)11(19)8-10/h2-8,27H,9H2,1H3,(H,21,23)(H,22,25,26). The summed E-state index contributed by atoms with van der Waals surface area (Å²) in [6.07, 6.45) is 0. The van der Waals surface area contributed by atoms with E-state index >= 15 is 0 Å². The second kappa shape index (κ2) is 9.80. The summed E-state index contributed by atoms with van der Waals surface area (Å²) in [5, 5.41) is 19.1. The molecule has 156 valence electrons. The highest BCUT2D eigenvalue weighted by atomic mass is 79.9. The molecule has 0 spiro atoms. The lowest BCUT2D eigenvalue weighted by Gasteiger charge is -2.10. The second-order valence-corrected chi connectivity index (χ2v) is 6.47. The maximum absolute atomic E-state index is 13.4. The van der Waals surface area contributed by atoms with Crippen molar-refractivity contribution in [2.45, 2.75) is 0 Å². The molecular formula is C18H15BrFN5O5. The van der Waals surface area contributed by atoms with Gasteiger partial charge >= 0.3 is 0 Å². The van der Waals surface area contributed by atoms with Gasteiger partial charge in [-0.25, -0.2) is 14.0 Å². The van der Waals surface area contributed by atoms with Gasteiger partial charge in [-0.1, -0.05) is 12.1 Å². The molecule has 12 heteroatoms. The first-order chi connectivity index (χ1) is 14.5. The van der Waals surface area contributed by atoms with Gasteiger partial charge in [0.25, 0.3) is 5.91 Å². The molecule has 1 aromatic heterocycles. The van der Waals surface area contributed by atoms with Crippen LogP contribution in [0.5, 0.6) is 11.5 Å². The van der Waals surface area contributed by atoms with E-state index in [-0.39, 0.29) is 28.4 Å². The number of amides is 1. The van der Waals surface area contributed by atoms with E-state index in [0.29, 0.717) is 17.2 Å². The molecule has 3 aromatic rings. The Kier molecular flexibility index (Phi) is 6.93. The average molecular weight is 480 g/mol. The highest BCUT2D eigenvalue weighted by molar-refractivity contribution is 9.10. The Bertz CT molecular complexity index is 1070. The summed E-state index contributed by atoms with van der Waals surface area (Å²) in [5.74, 6) is -0.479. The summed E-state index contributed by atoms with van der Waals surface area (Å²) in [6.45, 7) is -0.351. The number of amidine groups is 1. The predicted octanol–water partition coefficient (Wildman–Crippen LogP) is 3.05. The molecule has 0 bridgehead atoms. The molecular weight excluding hydrogens is 465 g/mol. The average Bonchev–Trinajstić information content (AvgIpc) is 3.21. The number of aromatic nitrogens is 2. The molecule has 3 rings (SSSR count). The SMILES string of the molecule is COc1ccccc1OCC(=O)Nc1nonc1C(=Nc1ccc(F)c(Br)c1)NO. The van der Waals surface area contributed by atoms with Crippen molar-refractivity contribution in [2.24, 2.45) is 4.99 Å². The first-order valence-electron chi connectivity index (χ1n) is 8.34. The van der Waals surface area contributed by atoms with E-state index < -0.39 is 11.7 Å². The lowest BCUT2D eigenvalue weighted by atomic mass is 10.3. The Morgan fingerprint density at radius 1 is 1.27 bits per heavy atom. The minimum atomic E-state index is -0.570. The first kappa shape index (κ1) is 21.2. The molecule has 0 radical (unpaired) electrons. The topological polar surface area (TPSA) is 131 Å². The molecule has 2 aromatic carbocycles. The van der Waals surface area contributed by atoms with Gasteiger partial charge in [0.15, 0.2) is 29.6 Å². The molecule has 0 unspecified atom stereocenters. The van der Waals surface area contributed by atoms with Crippen LogP contribution in [0.25, 0.3) is 0 Å². The molecule has 0 aliphatic heterocycles. The molecule has 0 aliphatic carbocycles. The summed E-state index contributed by atoms with van der Waals surface area (Å²) < 4.78 is 28.8. The molecule has 0 atom stereocenters. The number of methoxy groups -OCH3 is 1. The zero-order valence-electron chi connectivity index (χ0n) is 15.4. The van der Waals surface area contributed by atoms with Crippen molar-refractivity contribution in [3.05, 3.63) is 58.4 Å². The van der Waals surface area contributed by atoms with Crippen molar-refractivity contribution < 1.29 is 28.5 Å². The third-order valence-corrected chi connectivity index (χ3v) is 4.26. The van der Waals surface area contributed by atoms with Gasteiger partial charge in [0.05, 0.1) is 17.3 Å². The number of benzene rings is 2. The highest BCUT2D eigenvalue weighted by Gasteiger charge is 2.19. The number of hydrogen-bond donors (Lipinski definition) is 3. The van der Waals surface area contributed by atoms with E-state index in [1.165, 1.54) is 25.3 Å². The number of hydrogen-bond acceptors (Lipinski definition) is 8. The smallest absolute Gasteiger partial charge is 0.263 e. The lowest BCUT2D eigenvalue weighted by Crippen LogP contribution is -2.25. The number of ether oxygens (including phenoxy) is 2. The van der Waals surface area contributed by atoms with Gasteiger partial charge in [-0.15, -0.1) is 0 Å². The predicted molar refractivity (Wildman–Crippen MR) is 107 cm³/mol. The Morgan fingerprint density at radius 2 is 2.03 bits per heavy atom. The van der Waals surface area contributed by atoms with Crippen LogP contribution in [-0.4, -0.2) is 41.0 Å². The number of carbonyl (C=O) groups is 1. The molecule has 0 fully saturated rings. The van der Waals surface area contributed by atoms with E-state index in [0.717, 1.165) is 0 Å². The largest absolute Gasteiger partial charge is 0.493 e. The van der Waals surface area contributed by atoms with E-state index in [4.69, 9.17) is 9.47 Å². The summed E-state index contributed by atoms with van der Waals surface area (Å²) >= 11 is 3.05. The minimum Gasteiger partial charge on any atom is -0.493 e. The Hall–Kier alpha value is -3.51. The number of para-hydroxylation sites is 2. The Balaban J connectivity index is 1.72. The molecule has 1 amide bonds. The number of aliphatic imine (C=N–C) groups is 1. The fourth-order valence-electron chi connectivity index (χ4n) is 2.29. The molecule has 0 saturated carbocycles.